The highest BCUT2D eigenvalue weighted by atomic mass is 16.4. The summed E-state index contributed by atoms with van der Waals surface area (Å²) < 4.78 is 0. The van der Waals surface area contributed by atoms with E-state index in [1.807, 2.05) is 27.8 Å². The Bertz CT molecular complexity index is 152. The highest BCUT2D eigenvalue weighted by Gasteiger charge is 2.24. The second-order valence-electron chi connectivity index (χ2n) is 3.71. The molecule has 0 aliphatic carbocycles. The van der Waals surface area contributed by atoms with Crippen LogP contribution in [0, 0.1) is 0 Å². The van der Waals surface area contributed by atoms with Crippen LogP contribution in [0.3, 0.4) is 0 Å². The number of likely N-dealkylation sites (N-methyl/N-ethyl adjacent to an activating group) is 1. The molecule has 0 radical (unpaired) electrons. The zero-order valence-corrected chi connectivity index (χ0v) is 8.22. The summed E-state index contributed by atoms with van der Waals surface area (Å²) in [6, 6.07) is 0. The first-order valence-corrected chi connectivity index (χ1v) is 4.04. The maximum Gasteiger partial charge on any atom is 0.407 e. The number of carboxylic acid groups (broad SMARTS) is 1. The van der Waals surface area contributed by atoms with E-state index in [1.165, 1.54) is 4.90 Å². The van der Waals surface area contributed by atoms with Crippen molar-refractivity contribution in [3.05, 3.63) is 0 Å². The molecule has 0 spiro atoms. The third-order valence-electron chi connectivity index (χ3n) is 1.63. The number of nitrogens with one attached hydrogen (secondary N) is 1. The molecule has 0 rings (SSSR count). The summed E-state index contributed by atoms with van der Waals surface area (Å²) in [5.74, 6) is 0. The van der Waals surface area contributed by atoms with Gasteiger partial charge in [0.05, 0.1) is 0 Å². The summed E-state index contributed by atoms with van der Waals surface area (Å²) in [5, 5.41) is 11.8. The molecule has 0 saturated heterocycles. The first kappa shape index (κ1) is 11.2. The van der Waals surface area contributed by atoms with Crippen LogP contribution in [0.15, 0.2) is 0 Å². The van der Waals surface area contributed by atoms with E-state index in [2.05, 4.69) is 5.32 Å². The fourth-order valence-corrected chi connectivity index (χ4v) is 0.942. The van der Waals surface area contributed by atoms with Gasteiger partial charge in [0.2, 0.25) is 0 Å². The van der Waals surface area contributed by atoms with Gasteiger partial charge in [-0.25, -0.2) is 4.79 Å². The standard InChI is InChI=1S/C8H18N2O2/c1-8(2,3)10(7(11)12)6-5-9-4/h9H,5-6H2,1-4H3,(H,11,12). The molecule has 0 aromatic rings. The lowest BCUT2D eigenvalue weighted by Gasteiger charge is -2.33. The van der Waals surface area contributed by atoms with Crippen LogP contribution in [0.25, 0.3) is 0 Å². The summed E-state index contributed by atoms with van der Waals surface area (Å²) in [6.45, 7) is 6.86. The van der Waals surface area contributed by atoms with Crippen LogP contribution >= 0.6 is 0 Å². The molecule has 0 atom stereocenters. The lowest BCUT2D eigenvalue weighted by atomic mass is 10.1. The predicted molar refractivity (Wildman–Crippen MR) is 48.4 cm³/mol. The van der Waals surface area contributed by atoms with Gasteiger partial charge in [0.25, 0.3) is 0 Å². The Morgan fingerprint density at radius 1 is 1.50 bits per heavy atom. The van der Waals surface area contributed by atoms with E-state index in [0.29, 0.717) is 13.1 Å². The molecule has 12 heavy (non-hydrogen) atoms. The molecular formula is C8H18N2O2. The molecule has 72 valence electrons. The van der Waals surface area contributed by atoms with Crippen molar-refractivity contribution in [2.45, 2.75) is 26.3 Å². The number of nitrogens with zero attached hydrogens (tertiary/aromatic N) is 1. The summed E-state index contributed by atoms with van der Waals surface area (Å²) in [6.07, 6.45) is -0.863. The molecular weight excluding hydrogens is 156 g/mol. The molecule has 0 heterocycles. The highest BCUT2D eigenvalue weighted by molar-refractivity contribution is 5.65. The smallest absolute Gasteiger partial charge is 0.407 e. The van der Waals surface area contributed by atoms with E-state index in [1.54, 1.807) is 0 Å². The van der Waals surface area contributed by atoms with Crippen molar-refractivity contribution in [3.63, 3.8) is 0 Å². The Balaban J connectivity index is 4.15. The molecule has 2 N–H and O–H groups in total. The number of hydrogen-bond acceptors (Lipinski definition) is 2. The number of carbonyl (C=O) groups is 1. The summed E-state index contributed by atoms with van der Waals surface area (Å²) in [4.78, 5) is 12.2. The normalized spacial score (nSPS) is 11.3. The average Bonchev–Trinajstić information content (AvgIpc) is 1.84. The molecule has 0 bridgehead atoms. The monoisotopic (exact) mass is 174 g/mol. The van der Waals surface area contributed by atoms with Gasteiger partial charge in [-0.3, -0.25) is 0 Å². The molecule has 0 unspecified atom stereocenters. The van der Waals surface area contributed by atoms with Crippen molar-refractivity contribution in [1.82, 2.24) is 10.2 Å². The molecule has 4 heteroatoms. The van der Waals surface area contributed by atoms with Crippen LogP contribution in [0.2, 0.25) is 0 Å². The molecule has 4 nitrogen and oxygen atoms in total. The minimum Gasteiger partial charge on any atom is -0.465 e. The third-order valence-corrected chi connectivity index (χ3v) is 1.63. The van der Waals surface area contributed by atoms with Gasteiger partial charge in [-0.2, -0.15) is 0 Å². The minimum absolute atomic E-state index is 0.317. The second-order valence-corrected chi connectivity index (χ2v) is 3.71. The minimum atomic E-state index is -0.863. The number of hydrogen-bond donors (Lipinski definition) is 2. The Morgan fingerprint density at radius 2 is 2.00 bits per heavy atom. The first-order valence-electron chi connectivity index (χ1n) is 4.04. The summed E-state index contributed by atoms with van der Waals surface area (Å²) >= 11 is 0. The second kappa shape index (κ2) is 4.30. The molecule has 0 aromatic heterocycles. The summed E-state index contributed by atoms with van der Waals surface area (Å²) in [7, 11) is 1.81. The van der Waals surface area contributed by atoms with Gasteiger partial charge in [0.15, 0.2) is 0 Å². The van der Waals surface area contributed by atoms with Crippen molar-refractivity contribution in [2.24, 2.45) is 0 Å². The van der Waals surface area contributed by atoms with E-state index < -0.39 is 6.09 Å². The van der Waals surface area contributed by atoms with Crippen molar-refractivity contribution in [1.29, 1.82) is 0 Å². The highest BCUT2D eigenvalue weighted by Crippen LogP contribution is 2.12. The fraction of sp³-hybridized carbons (Fsp3) is 0.875. The van der Waals surface area contributed by atoms with Gasteiger partial charge in [-0.05, 0) is 27.8 Å². The molecule has 0 fully saturated rings. The lowest BCUT2D eigenvalue weighted by Crippen LogP contribution is -2.47. The van der Waals surface area contributed by atoms with Gasteiger partial charge in [-0.1, -0.05) is 0 Å². The lowest BCUT2D eigenvalue weighted by molar-refractivity contribution is 0.101. The van der Waals surface area contributed by atoms with E-state index in [0.717, 1.165) is 0 Å². The fourth-order valence-electron chi connectivity index (χ4n) is 0.942. The Hall–Kier alpha value is -0.770. The zero-order chi connectivity index (χ0) is 9.78. The van der Waals surface area contributed by atoms with Gasteiger partial charge in [0, 0.05) is 18.6 Å². The van der Waals surface area contributed by atoms with Crippen molar-refractivity contribution in [3.8, 4) is 0 Å². The molecule has 0 saturated carbocycles. The van der Waals surface area contributed by atoms with Gasteiger partial charge in [-0.15, -0.1) is 0 Å². The van der Waals surface area contributed by atoms with Crippen LogP contribution < -0.4 is 5.32 Å². The van der Waals surface area contributed by atoms with Gasteiger partial charge < -0.3 is 15.3 Å². The maximum absolute atomic E-state index is 10.8. The van der Waals surface area contributed by atoms with Crippen LogP contribution in [0.4, 0.5) is 4.79 Å². The average molecular weight is 174 g/mol. The van der Waals surface area contributed by atoms with Crippen LogP contribution in [0.1, 0.15) is 20.8 Å². The SMILES string of the molecule is CNCCN(C(=O)O)C(C)(C)C. The Kier molecular flexibility index (Phi) is 4.03. The zero-order valence-electron chi connectivity index (χ0n) is 8.22. The van der Waals surface area contributed by atoms with E-state index in [-0.39, 0.29) is 5.54 Å². The molecule has 1 amide bonds. The van der Waals surface area contributed by atoms with Crippen LogP contribution in [0.5, 0.6) is 0 Å². The van der Waals surface area contributed by atoms with Crippen molar-refractivity contribution >= 4 is 6.09 Å². The Labute approximate surface area is 73.6 Å². The third kappa shape index (κ3) is 3.57. The van der Waals surface area contributed by atoms with E-state index in [4.69, 9.17) is 5.11 Å². The molecule has 0 aliphatic heterocycles. The van der Waals surface area contributed by atoms with Crippen LogP contribution in [-0.2, 0) is 0 Å². The Morgan fingerprint density at radius 3 is 2.25 bits per heavy atom. The van der Waals surface area contributed by atoms with E-state index >= 15 is 0 Å². The van der Waals surface area contributed by atoms with E-state index in [9.17, 15) is 4.79 Å². The molecule has 0 aromatic carbocycles. The van der Waals surface area contributed by atoms with Crippen molar-refractivity contribution in [2.75, 3.05) is 20.1 Å². The van der Waals surface area contributed by atoms with Crippen LogP contribution in [-0.4, -0.2) is 41.8 Å². The van der Waals surface area contributed by atoms with Gasteiger partial charge >= 0.3 is 6.09 Å². The number of rotatable bonds is 3. The number of amides is 1. The first-order chi connectivity index (χ1) is 5.39. The maximum atomic E-state index is 10.8. The van der Waals surface area contributed by atoms with Crippen molar-refractivity contribution < 1.29 is 9.90 Å². The molecule has 0 aliphatic rings. The summed E-state index contributed by atoms with van der Waals surface area (Å²) in [5.41, 5.74) is -0.317. The predicted octanol–water partition coefficient (Wildman–Crippen LogP) is 0.984. The topological polar surface area (TPSA) is 52.6 Å². The van der Waals surface area contributed by atoms with Gasteiger partial charge in [0.1, 0.15) is 0 Å². The largest absolute Gasteiger partial charge is 0.465 e. The quantitative estimate of drug-likeness (QED) is 0.670.